The quantitative estimate of drug-likeness (QED) is 0.644. The number of ether oxygens (including phenoxy) is 2. The molecule has 4 amide bonds. The predicted octanol–water partition coefficient (Wildman–Crippen LogP) is 3.56. The van der Waals surface area contributed by atoms with Crippen LogP contribution in [-0.4, -0.2) is 48.0 Å². The molecular formula is C23H33N3O5. The van der Waals surface area contributed by atoms with E-state index in [0.29, 0.717) is 49.2 Å². The van der Waals surface area contributed by atoms with Gasteiger partial charge in [-0.25, -0.2) is 4.79 Å². The molecule has 8 nitrogen and oxygen atoms in total. The lowest BCUT2D eigenvalue weighted by Gasteiger charge is -2.43. The van der Waals surface area contributed by atoms with Crippen LogP contribution in [0.4, 0.5) is 10.5 Å². The first-order chi connectivity index (χ1) is 14.6. The summed E-state index contributed by atoms with van der Waals surface area (Å²) in [5.41, 5.74) is -0.470. The molecule has 2 N–H and O–H groups in total. The number of nitrogens with one attached hydrogen (secondary N) is 2. The maximum Gasteiger partial charge on any atom is 0.325 e. The van der Waals surface area contributed by atoms with Gasteiger partial charge in [0.2, 0.25) is 5.91 Å². The standard InChI is InChI=1S/C23H33N3O5/c1-6-30-17-9-8-16(10-18(17)31-7-2)24-19(27)13-26-20(28)23(25-21(26)29)12-15(3)11-22(4,5)14-23/h8-10,15H,6-7,11-14H2,1-5H3,(H,24,27)(H,25,29). The molecule has 2 atom stereocenters. The van der Waals surface area contributed by atoms with Gasteiger partial charge in [-0.1, -0.05) is 20.8 Å². The summed E-state index contributed by atoms with van der Waals surface area (Å²) < 4.78 is 11.1. The van der Waals surface area contributed by atoms with Crippen LogP contribution in [0.2, 0.25) is 0 Å². The Morgan fingerprint density at radius 1 is 1.16 bits per heavy atom. The van der Waals surface area contributed by atoms with Crippen LogP contribution < -0.4 is 20.1 Å². The lowest BCUT2D eigenvalue weighted by molar-refractivity contribution is -0.136. The first kappa shape index (κ1) is 22.9. The molecule has 3 rings (SSSR count). The molecule has 170 valence electrons. The van der Waals surface area contributed by atoms with Crippen molar-refractivity contribution in [2.45, 2.75) is 59.4 Å². The number of rotatable bonds is 7. The minimum absolute atomic E-state index is 0.0587. The molecule has 0 bridgehead atoms. The summed E-state index contributed by atoms with van der Waals surface area (Å²) in [6, 6.07) is 4.58. The average Bonchev–Trinajstić information content (AvgIpc) is 2.86. The Morgan fingerprint density at radius 3 is 2.48 bits per heavy atom. The van der Waals surface area contributed by atoms with Crippen LogP contribution in [0, 0.1) is 11.3 Å². The minimum atomic E-state index is -0.917. The Morgan fingerprint density at radius 2 is 1.84 bits per heavy atom. The molecule has 1 saturated carbocycles. The molecule has 1 spiro atoms. The van der Waals surface area contributed by atoms with Crippen molar-refractivity contribution in [3.63, 3.8) is 0 Å². The number of benzene rings is 1. The van der Waals surface area contributed by atoms with Gasteiger partial charge in [0.1, 0.15) is 12.1 Å². The third kappa shape index (κ3) is 4.94. The van der Waals surface area contributed by atoms with Crippen molar-refractivity contribution in [2.75, 3.05) is 25.1 Å². The van der Waals surface area contributed by atoms with Gasteiger partial charge in [-0.05, 0) is 56.6 Å². The van der Waals surface area contributed by atoms with E-state index in [-0.39, 0.29) is 17.9 Å². The molecule has 1 aromatic rings. The third-order valence-electron chi connectivity index (χ3n) is 5.75. The summed E-state index contributed by atoms with van der Waals surface area (Å²) in [5, 5.41) is 5.64. The second-order valence-corrected chi connectivity index (χ2v) is 9.33. The molecule has 1 saturated heterocycles. The smallest absolute Gasteiger partial charge is 0.325 e. The Labute approximate surface area is 183 Å². The highest BCUT2D eigenvalue weighted by Crippen LogP contribution is 2.46. The van der Waals surface area contributed by atoms with Crippen molar-refractivity contribution in [1.82, 2.24) is 10.2 Å². The molecular weight excluding hydrogens is 398 g/mol. The van der Waals surface area contributed by atoms with E-state index in [1.54, 1.807) is 18.2 Å². The third-order valence-corrected chi connectivity index (χ3v) is 5.75. The maximum atomic E-state index is 13.2. The van der Waals surface area contributed by atoms with E-state index in [1.165, 1.54) is 0 Å². The minimum Gasteiger partial charge on any atom is -0.490 e. The number of imide groups is 1. The van der Waals surface area contributed by atoms with Gasteiger partial charge in [0, 0.05) is 11.8 Å². The van der Waals surface area contributed by atoms with Crippen molar-refractivity contribution in [1.29, 1.82) is 0 Å². The van der Waals surface area contributed by atoms with Crippen LogP contribution in [0.15, 0.2) is 18.2 Å². The zero-order valence-electron chi connectivity index (χ0n) is 19.0. The summed E-state index contributed by atoms with van der Waals surface area (Å²) in [7, 11) is 0. The molecule has 1 aliphatic carbocycles. The molecule has 1 aliphatic heterocycles. The fourth-order valence-electron chi connectivity index (χ4n) is 5.12. The number of hydrogen-bond acceptors (Lipinski definition) is 5. The highest BCUT2D eigenvalue weighted by molar-refractivity contribution is 6.10. The second-order valence-electron chi connectivity index (χ2n) is 9.33. The van der Waals surface area contributed by atoms with Crippen molar-refractivity contribution >= 4 is 23.5 Å². The van der Waals surface area contributed by atoms with Crippen molar-refractivity contribution in [3.05, 3.63) is 18.2 Å². The molecule has 2 aliphatic rings. The maximum absolute atomic E-state index is 13.2. The van der Waals surface area contributed by atoms with Gasteiger partial charge in [0.05, 0.1) is 13.2 Å². The Hall–Kier alpha value is -2.77. The SMILES string of the molecule is CCOc1ccc(NC(=O)CN2C(=O)NC3(CC(C)CC(C)(C)C3)C2=O)cc1OCC. The molecule has 2 fully saturated rings. The molecule has 0 aromatic heterocycles. The van der Waals surface area contributed by atoms with Gasteiger partial charge < -0.3 is 20.1 Å². The van der Waals surface area contributed by atoms with Crippen molar-refractivity contribution in [3.8, 4) is 11.5 Å². The summed E-state index contributed by atoms with van der Waals surface area (Å²) in [4.78, 5) is 39.5. The number of anilines is 1. The summed E-state index contributed by atoms with van der Waals surface area (Å²) >= 11 is 0. The molecule has 2 unspecified atom stereocenters. The molecule has 1 aromatic carbocycles. The number of amides is 4. The lowest BCUT2D eigenvalue weighted by atomic mass is 9.64. The highest BCUT2D eigenvalue weighted by Gasteiger charge is 2.56. The number of nitrogens with zero attached hydrogens (tertiary/aromatic N) is 1. The van der Waals surface area contributed by atoms with Gasteiger partial charge in [-0.2, -0.15) is 0 Å². The first-order valence-electron chi connectivity index (χ1n) is 10.9. The summed E-state index contributed by atoms with van der Waals surface area (Å²) in [6.07, 6.45) is 2.16. The number of carbonyl (C=O) groups excluding carboxylic acids is 3. The van der Waals surface area contributed by atoms with Crippen LogP contribution in [0.5, 0.6) is 11.5 Å². The Bertz CT molecular complexity index is 869. The van der Waals surface area contributed by atoms with E-state index in [2.05, 4.69) is 31.4 Å². The van der Waals surface area contributed by atoms with Crippen molar-refractivity contribution in [2.24, 2.45) is 11.3 Å². The molecule has 0 radical (unpaired) electrons. The Kier molecular flexibility index (Phi) is 6.48. The van der Waals surface area contributed by atoms with E-state index in [1.807, 2.05) is 13.8 Å². The largest absolute Gasteiger partial charge is 0.490 e. The zero-order chi connectivity index (χ0) is 22.8. The molecule has 31 heavy (non-hydrogen) atoms. The number of hydrogen-bond donors (Lipinski definition) is 2. The molecule has 1 heterocycles. The van der Waals surface area contributed by atoms with E-state index in [0.717, 1.165) is 11.3 Å². The van der Waals surface area contributed by atoms with Crippen LogP contribution in [0.25, 0.3) is 0 Å². The van der Waals surface area contributed by atoms with E-state index in [4.69, 9.17) is 9.47 Å². The first-order valence-corrected chi connectivity index (χ1v) is 10.9. The number of carbonyl (C=O) groups is 3. The van der Waals surface area contributed by atoms with Crippen LogP contribution in [0.1, 0.15) is 53.9 Å². The predicted molar refractivity (Wildman–Crippen MR) is 117 cm³/mol. The van der Waals surface area contributed by atoms with Gasteiger partial charge in [0.15, 0.2) is 11.5 Å². The Balaban J connectivity index is 1.70. The normalized spacial score (nSPS) is 24.8. The van der Waals surface area contributed by atoms with Gasteiger partial charge in [-0.15, -0.1) is 0 Å². The summed E-state index contributed by atoms with van der Waals surface area (Å²) in [6.45, 7) is 10.7. The van der Waals surface area contributed by atoms with Gasteiger partial charge in [-0.3, -0.25) is 14.5 Å². The average molecular weight is 432 g/mol. The topological polar surface area (TPSA) is 97.0 Å². The number of urea groups is 1. The second kappa shape index (κ2) is 8.77. The van der Waals surface area contributed by atoms with Gasteiger partial charge in [0.25, 0.3) is 5.91 Å². The van der Waals surface area contributed by atoms with E-state index in [9.17, 15) is 14.4 Å². The zero-order valence-corrected chi connectivity index (χ0v) is 19.0. The fraction of sp³-hybridized carbons (Fsp3) is 0.609. The van der Waals surface area contributed by atoms with Crippen LogP contribution in [0.3, 0.4) is 0 Å². The fourth-order valence-corrected chi connectivity index (χ4v) is 5.12. The van der Waals surface area contributed by atoms with E-state index >= 15 is 0 Å². The van der Waals surface area contributed by atoms with Crippen LogP contribution >= 0.6 is 0 Å². The monoisotopic (exact) mass is 431 g/mol. The van der Waals surface area contributed by atoms with Gasteiger partial charge >= 0.3 is 6.03 Å². The molecule has 8 heteroatoms. The van der Waals surface area contributed by atoms with Crippen LogP contribution in [-0.2, 0) is 9.59 Å². The lowest BCUT2D eigenvalue weighted by Crippen LogP contribution is -2.54. The highest BCUT2D eigenvalue weighted by atomic mass is 16.5. The van der Waals surface area contributed by atoms with Crippen molar-refractivity contribution < 1.29 is 23.9 Å². The van der Waals surface area contributed by atoms with E-state index < -0.39 is 17.5 Å². The summed E-state index contributed by atoms with van der Waals surface area (Å²) in [5.74, 6) is 0.661.